The Hall–Kier alpha value is -3.02. The van der Waals surface area contributed by atoms with Crippen molar-refractivity contribution in [2.24, 2.45) is 0 Å². The van der Waals surface area contributed by atoms with E-state index >= 15 is 0 Å². The molecular weight excluding hydrogens is 335 g/mol. The average molecular weight is 353 g/mol. The zero-order valence-electron chi connectivity index (χ0n) is 14.2. The van der Waals surface area contributed by atoms with Crippen LogP contribution in [0.25, 0.3) is 22.3 Å². The fourth-order valence-electron chi connectivity index (χ4n) is 2.99. The standard InChI is InChI=1S/C24H18OP/c25-26(23-15-11-21(12-16-23)19-7-3-1-4-8-19)24-17-13-22(14-18-24)20-9-5-2-6-10-20/h1-18H/q+1. The highest BCUT2D eigenvalue weighted by molar-refractivity contribution is 7.61. The summed E-state index contributed by atoms with van der Waals surface area (Å²) in [6, 6.07) is 36.5. The quantitative estimate of drug-likeness (QED) is 0.424. The summed E-state index contributed by atoms with van der Waals surface area (Å²) < 4.78 is 12.9. The van der Waals surface area contributed by atoms with Gasteiger partial charge in [0.25, 0.3) is 0 Å². The molecule has 0 aliphatic carbocycles. The maximum absolute atomic E-state index is 12.9. The molecule has 0 bridgehead atoms. The van der Waals surface area contributed by atoms with Crippen molar-refractivity contribution >= 4 is 18.4 Å². The van der Waals surface area contributed by atoms with Gasteiger partial charge in [-0.1, -0.05) is 65.2 Å². The molecular formula is C24H18OP+. The van der Waals surface area contributed by atoms with E-state index in [-0.39, 0.29) is 0 Å². The fourth-order valence-corrected chi connectivity index (χ4v) is 4.13. The first-order valence-electron chi connectivity index (χ1n) is 8.59. The smallest absolute Gasteiger partial charge is 0.0622 e. The second-order valence-electron chi connectivity index (χ2n) is 6.12. The zero-order chi connectivity index (χ0) is 17.8. The molecule has 0 N–H and O–H groups in total. The lowest BCUT2D eigenvalue weighted by Crippen LogP contribution is -2.06. The molecule has 0 spiro atoms. The summed E-state index contributed by atoms with van der Waals surface area (Å²) >= 11 is 0. The van der Waals surface area contributed by atoms with E-state index < -0.39 is 7.80 Å². The third-order valence-corrected chi connectivity index (χ3v) is 5.95. The lowest BCUT2D eigenvalue weighted by molar-refractivity contribution is 0.598. The minimum atomic E-state index is -1.58. The molecule has 1 nitrogen and oxygen atoms in total. The van der Waals surface area contributed by atoms with Gasteiger partial charge in [-0.2, -0.15) is 0 Å². The monoisotopic (exact) mass is 353 g/mol. The Bertz CT molecular complexity index is 920. The molecule has 26 heavy (non-hydrogen) atoms. The fraction of sp³-hybridized carbons (Fsp3) is 0. The van der Waals surface area contributed by atoms with Gasteiger partial charge in [-0.15, -0.1) is 0 Å². The summed E-state index contributed by atoms with van der Waals surface area (Å²) in [5, 5.41) is 1.71. The highest BCUT2D eigenvalue weighted by Gasteiger charge is 2.23. The van der Waals surface area contributed by atoms with Crippen LogP contribution in [0.15, 0.2) is 109 Å². The van der Waals surface area contributed by atoms with E-state index in [1.165, 1.54) is 11.1 Å². The Kier molecular flexibility index (Phi) is 4.73. The molecule has 0 amide bonds. The van der Waals surface area contributed by atoms with Gasteiger partial charge in [0.15, 0.2) is 10.6 Å². The third-order valence-electron chi connectivity index (χ3n) is 4.42. The number of rotatable bonds is 4. The molecule has 4 rings (SSSR count). The first-order valence-corrected chi connectivity index (χ1v) is 9.85. The maximum atomic E-state index is 12.9. The zero-order valence-corrected chi connectivity index (χ0v) is 15.1. The average Bonchev–Trinajstić information content (AvgIpc) is 2.75. The summed E-state index contributed by atoms with van der Waals surface area (Å²) in [7, 11) is -1.58. The van der Waals surface area contributed by atoms with E-state index in [0.29, 0.717) is 0 Å². The van der Waals surface area contributed by atoms with E-state index in [4.69, 9.17) is 0 Å². The van der Waals surface area contributed by atoms with Crippen LogP contribution in [-0.2, 0) is 4.57 Å². The van der Waals surface area contributed by atoms with E-state index in [2.05, 4.69) is 24.3 Å². The van der Waals surface area contributed by atoms with Crippen molar-refractivity contribution in [2.45, 2.75) is 0 Å². The molecule has 124 valence electrons. The van der Waals surface area contributed by atoms with Crippen LogP contribution in [0.2, 0.25) is 0 Å². The predicted molar refractivity (Wildman–Crippen MR) is 111 cm³/mol. The minimum Gasteiger partial charge on any atom is -0.0622 e. The molecule has 0 fully saturated rings. The van der Waals surface area contributed by atoms with Gasteiger partial charge in [-0.05, 0) is 70.8 Å². The lowest BCUT2D eigenvalue weighted by atomic mass is 10.1. The third kappa shape index (κ3) is 3.49. The highest BCUT2D eigenvalue weighted by atomic mass is 31.1. The van der Waals surface area contributed by atoms with Crippen molar-refractivity contribution in [3.8, 4) is 22.3 Å². The first kappa shape index (κ1) is 16.4. The van der Waals surface area contributed by atoms with Gasteiger partial charge < -0.3 is 0 Å². The Balaban J connectivity index is 1.56. The molecule has 0 atom stereocenters. The van der Waals surface area contributed by atoms with Crippen molar-refractivity contribution in [2.75, 3.05) is 0 Å². The predicted octanol–water partition coefficient (Wildman–Crippen LogP) is 5.80. The molecule has 0 aromatic heterocycles. The summed E-state index contributed by atoms with van der Waals surface area (Å²) in [6.45, 7) is 0. The Morgan fingerprint density at radius 1 is 0.385 bits per heavy atom. The number of benzene rings is 4. The minimum absolute atomic E-state index is 0.854. The molecule has 4 aromatic rings. The van der Waals surface area contributed by atoms with Crippen LogP contribution in [0.4, 0.5) is 0 Å². The highest BCUT2D eigenvalue weighted by Crippen LogP contribution is 2.25. The second kappa shape index (κ2) is 7.47. The SMILES string of the molecule is O=[P+](c1ccc(-c2ccccc2)cc1)c1ccc(-c2ccccc2)cc1. The largest absolute Gasteiger partial charge is 0.415 e. The molecule has 2 heteroatoms. The molecule has 0 unspecified atom stereocenters. The van der Waals surface area contributed by atoms with Crippen molar-refractivity contribution in [3.63, 3.8) is 0 Å². The van der Waals surface area contributed by atoms with Crippen LogP contribution in [0, 0.1) is 0 Å². The van der Waals surface area contributed by atoms with Crippen molar-refractivity contribution in [1.82, 2.24) is 0 Å². The van der Waals surface area contributed by atoms with Crippen LogP contribution < -0.4 is 10.6 Å². The van der Waals surface area contributed by atoms with Crippen LogP contribution in [0.1, 0.15) is 0 Å². The second-order valence-corrected chi connectivity index (χ2v) is 7.74. The molecule has 0 heterocycles. The molecule has 4 aromatic carbocycles. The van der Waals surface area contributed by atoms with Gasteiger partial charge in [-0.25, -0.2) is 0 Å². The summed E-state index contributed by atoms with van der Waals surface area (Å²) in [6.07, 6.45) is 0. The molecule has 0 aliphatic heterocycles. The number of hydrogen-bond donors (Lipinski definition) is 0. The molecule has 0 radical (unpaired) electrons. The first-order chi connectivity index (χ1) is 12.8. The van der Waals surface area contributed by atoms with Gasteiger partial charge in [0, 0.05) is 0 Å². The maximum Gasteiger partial charge on any atom is 0.415 e. The van der Waals surface area contributed by atoms with Crippen LogP contribution in [0.5, 0.6) is 0 Å². The molecule has 0 aliphatic rings. The van der Waals surface area contributed by atoms with Crippen molar-refractivity contribution in [3.05, 3.63) is 109 Å². The van der Waals surface area contributed by atoms with Crippen LogP contribution in [-0.4, -0.2) is 0 Å². The normalized spacial score (nSPS) is 10.5. The Morgan fingerprint density at radius 2 is 0.692 bits per heavy atom. The summed E-state index contributed by atoms with van der Waals surface area (Å²) in [5.74, 6) is 0. The van der Waals surface area contributed by atoms with Crippen molar-refractivity contribution in [1.29, 1.82) is 0 Å². The van der Waals surface area contributed by atoms with Crippen LogP contribution in [0.3, 0.4) is 0 Å². The molecule has 0 saturated heterocycles. The van der Waals surface area contributed by atoms with Gasteiger partial charge in [-0.3, -0.25) is 0 Å². The Morgan fingerprint density at radius 3 is 1.04 bits per heavy atom. The summed E-state index contributed by atoms with van der Waals surface area (Å²) in [4.78, 5) is 0. The number of hydrogen-bond acceptors (Lipinski definition) is 1. The van der Waals surface area contributed by atoms with Gasteiger partial charge >= 0.3 is 7.80 Å². The van der Waals surface area contributed by atoms with E-state index in [1.807, 2.05) is 84.9 Å². The van der Waals surface area contributed by atoms with E-state index in [1.54, 1.807) is 0 Å². The molecule has 0 saturated carbocycles. The van der Waals surface area contributed by atoms with Crippen LogP contribution >= 0.6 is 7.80 Å². The topological polar surface area (TPSA) is 17.1 Å². The van der Waals surface area contributed by atoms with Crippen molar-refractivity contribution < 1.29 is 4.57 Å². The van der Waals surface area contributed by atoms with Gasteiger partial charge in [0.2, 0.25) is 0 Å². The van der Waals surface area contributed by atoms with Gasteiger partial charge in [0.05, 0.1) is 0 Å². The summed E-state index contributed by atoms with van der Waals surface area (Å²) in [5.41, 5.74) is 4.61. The Labute approximate surface area is 154 Å². The lowest BCUT2D eigenvalue weighted by Gasteiger charge is -2.01. The van der Waals surface area contributed by atoms with E-state index in [0.717, 1.165) is 21.7 Å². The van der Waals surface area contributed by atoms with E-state index in [9.17, 15) is 4.57 Å². The van der Waals surface area contributed by atoms with Gasteiger partial charge in [0.1, 0.15) is 0 Å².